The molecule has 0 fully saturated rings. The fourth-order valence-corrected chi connectivity index (χ4v) is 2.75. The molecule has 0 rings (SSSR count). The number of carboxylic acid groups (broad SMARTS) is 1. The zero-order chi connectivity index (χ0) is 17.9. The van der Waals surface area contributed by atoms with Gasteiger partial charge in [-0.2, -0.15) is 0 Å². The Balaban J connectivity index is 3.16. The van der Waals surface area contributed by atoms with Crippen LogP contribution < -0.4 is 0 Å². The van der Waals surface area contributed by atoms with E-state index < -0.39 is 5.97 Å². The van der Waals surface area contributed by atoms with Crippen LogP contribution in [0.25, 0.3) is 0 Å². The van der Waals surface area contributed by atoms with E-state index in [1.165, 1.54) is 51.4 Å². The van der Waals surface area contributed by atoms with Crippen molar-refractivity contribution in [2.24, 2.45) is 0 Å². The molecular formula is C20H38O4. The Hall–Kier alpha value is -1.06. The number of unbranched alkanes of at least 4 members (excludes halogenated alkanes) is 12. The number of carbonyl (C=O) groups excluding carboxylic acids is 1. The average Bonchev–Trinajstić information content (AvgIpc) is 2.55. The maximum atomic E-state index is 11.5. The van der Waals surface area contributed by atoms with Gasteiger partial charge in [-0.15, -0.1) is 0 Å². The molecule has 142 valence electrons. The molecule has 24 heavy (non-hydrogen) atoms. The van der Waals surface area contributed by atoms with Crippen molar-refractivity contribution in [3.63, 3.8) is 0 Å². The Bertz CT molecular complexity index is 302. The molecule has 0 aromatic carbocycles. The summed E-state index contributed by atoms with van der Waals surface area (Å²) < 4.78 is 5.23. The van der Waals surface area contributed by atoms with Gasteiger partial charge in [-0.3, -0.25) is 9.59 Å². The van der Waals surface area contributed by atoms with Gasteiger partial charge in [0.25, 0.3) is 0 Å². The van der Waals surface area contributed by atoms with Gasteiger partial charge in [0.1, 0.15) is 0 Å². The molecule has 0 saturated carbocycles. The number of carboxylic acids is 1. The summed E-state index contributed by atoms with van der Waals surface area (Å²) in [4.78, 5) is 21.9. The summed E-state index contributed by atoms with van der Waals surface area (Å²) in [6, 6.07) is 0. The van der Waals surface area contributed by atoms with Gasteiger partial charge in [-0.05, 0) is 19.3 Å². The topological polar surface area (TPSA) is 63.6 Å². The first kappa shape index (κ1) is 22.9. The van der Waals surface area contributed by atoms with Gasteiger partial charge in [0.05, 0.1) is 6.61 Å². The van der Waals surface area contributed by atoms with Crippen molar-refractivity contribution >= 4 is 11.9 Å². The zero-order valence-corrected chi connectivity index (χ0v) is 15.7. The quantitative estimate of drug-likeness (QED) is 0.250. The molecule has 4 nitrogen and oxygen atoms in total. The van der Waals surface area contributed by atoms with Crippen LogP contribution in [0.1, 0.15) is 110 Å². The Kier molecular flexibility index (Phi) is 17.5. The van der Waals surface area contributed by atoms with Crippen LogP contribution in [0.15, 0.2) is 0 Å². The molecular weight excluding hydrogens is 304 g/mol. The van der Waals surface area contributed by atoms with Crippen LogP contribution in [0.5, 0.6) is 0 Å². The first-order valence-corrected chi connectivity index (χ1v) is 10.0. The van der Waals surface area contributed by atoms with Gasteiger partial charge < -0.3 is 9.84 Å². The van der Waals surface area contributed by atoms with Crippen LogP contribution in [-0.4, -0.2) is 23.7 Å². The first-order chi connectivity index (χ1) is 11.7. The highest BCUT2D eigenvalue weighted by Gasteiger charge is 2.03. The molecule has 0 saturated heterocycles. The van der Waals surface area contributed by atoms with Crippen molar-refractivity contribution < 1.29 is 19.4 Å². The lowest BCUT2D eigenvalue weighted by Crippen LogP contribution is -2.05. The summed E-state index contributed by atoms with van der Waals surface area (Å²) in [5.74, 6) is -0.852. The van der Waals surface area contributed by atoms with Crippen molar-refractivity contribution in [2.45, 2.75) is 110 Å². The molecule has 0 aromatic heterocycles. The lowest BCUT2D eigenvalue weighted by molar-refractivity contribution is -0.144. The van der Waals surface area contributed by atoms with Crippen LogP contribution in [0.3, 0.4) is 0 Å². The standard InChI is InChI=1S/C20H38O4/c1-2-3-4-5-6-7-8-9-12-15-18-24-20(23)17-14-11-10-13-16-19(21)22/h2-18H2,1H3,(H,21,22). The molecule has 1 N–H and O–H groups in total. The molecule has 0 aliphatic heterocycles. The highest BCUT2D eigenvalue weighted by atomic mass is 16.5. The highest BCUT2D eigenvalue weighted by Crippen LogP contribution is 2.11. The second-order valence-electron chi connectivity index (χ2n) is 6.71. The Morgan fingerprint density at radius 1 is 0.667 bits per heavy atom. The number of aliphatic carboxylic acids is 1. The molecule has 0 aliphatic rings. The van der Waals surface area contributed by atoms with Crippen molar-refractivity contribution in [3.05, 3.63) is 0 Å². The Morgan fingerprint density at radius 3 is 1.67 bits per heavy atom. The molecule has 0 amide bonds. The minimum absolute atomic E-state index is 0.107. The fraction of sp³-hybridized carbons (Fsp3) is 0.900. The second kappa shape index (κ2) is 18.3. The maximum absolute atomic E-state index is 11.5. The Labute approximate surface area is 148 Å². The molecule has 0 aromatic rings. The van der Waals surface area contributed by atoms with Gasteiger partial charge in [0.15, 0.2) is 0 Å². The predicted octanol–water partition coefficient (Wildman–Crippen LogP) is 5.88. The zero-order valence-electron chi connectivity index (χ0n) is 15.7. The largest absolute Gasteiger partial charge is 0.481 e. The molecule has 0 bridgehead atoms. The van der Waals surface area contributed by atoms with Crippen LogP contribution in [0, 0.1) is 0 Å². The van der Waals surface area contributed by atoms with Gasteiger partial charge in [-0.1, -0.05) is 77.6 Å². The van der Waals surface area contributed by atoms with Crippen molar-refractivity contribution in [1.29, 1.82) is 0 Å². The average molecular weight is 343 g/mol. The van der Waals surface area contributed by atoms with E-state index in [1.54, 1.807) is 0 Å². The summed E-state index contributed by atoms with van der Waals surface area (Å²) in [5.41, 5.74) is 0. The molecule has 0 unspecified atom stereocenters. The van der Waals surface area contributed by atoms with E-state index in [-0.39, 0.29) is 12.4 Å². The lowest BCUT2D eigenvalue weighted by atomic mass is 10.1. The SMILES string of the molecule is CCCCCCCCCCCCOC(=O)CCCCCCC(=O)O. The summed E-state index contributed by atoms with van der Waals surface area (Å²) in [6.07, 6.45) is 16.8. The van der Waals surface area contributed by atoms with Gasteiger partial charge in [0, 0.05) is 12.8 Å². The molecule has 0 radical (unpaired) electrons. The third-order valence-corrected chi connectivity index (χ3v) is 4.28. The summed E-state index contributed by atoms with van der Waals surface area (Å²) in [5, 5.41) is 8.52. The van der Waals surface area contributed by atoms with E-state index in [9.17, 15) is 9.59 Å². The van der Waals surface area contributed by atoms with Crippen LogP contribution in [0.4, 0.5) is 0 Å². The third-order valence-electron chi connectivity index (χ3n) is 4.28. The molecule has 0 aliphatic carbocycles. The van der Waals surface area contributed by atoms with E-state index in [4.69, 9.17) is 9.84 Å². The van der Waals surface area contributed by atoms with E-state index >= 15 is 0 Å². The van der Waals surface area contributed by atoms with Gasteiger partial charge >= 0.3 is 11.9 Å². The predicted molar refractivity (Wildman–Crippen MR) is 98.1 cm³/mol. The molecule has 0 heterocycles. The fourth-order valence-electron chi connectivity index (χ4n) is 2.75. The van der Waals surface area contributed by atoms with E-state index in [0.29, 0.717) is 19.4 Å². The van der Waals surface area contributed by atoms with Gasteiger partial charge in [-0.25, -0.2) is 0 Å². The van der Waals surface area contributed by atoms with Crippen LogP contribution in [-0.2, 0) is 14.3 Å². The van der Waals surface area contributed by atoms with Gasteiger partial charge in [0.2, 0.25) is 0 Å². The minimum atomic E-state index is -0.745. The summed E-state index contributed by atoms with van der Waals surface area (Å²) >= 11 is 0. The maximum Gasteiger partial charge on any atom is 0.305 e. The Morgan fingerprint density at radius 2 is 1.12 bits per heavy atom. The van der Waals surface area contributed by atoms with Crippen molar-refractivity contribution in [3.8, 4) is 0 Å². The van der Waals surface area contributed by atoms with E-state index in [2.05, 4.69) is 6.92 Å². The number of rotatable bonds is 18. The summed E-state index contributed by atoms with van der Waals surface area (Å²) in [6.45, 7) is 2.80. The summed E-state index contributed by atoms with van der Waals surface area (Å²) in [7, 11) is 0. The smallest absolute Gasteiger partial charge is 0.305 e. The third kappa shape index (κ3) is 19.0. The number of ether oxygens (including phenoxy) is 1. The van der Waals surface area contributed by atoms with Crippen LogP contribution in [0.2, 0.25) is 0 Å². The normalized spacial score (nSPS) is 10.7. The second-order valence-corrected chi connectivity index (χ2v) is 6.71. The number of hydrogen-bond donors (Lipinski definition) is 1. The van der Waals surface area contributed by atoms with E-state index in [1.807, 2.05) is 0 Å². The molecule has 0 atom stereocenters. The van der Waals surface area contributed by atoms with E-state index in [0.717, 1.165) is 32.1 Å². The molecule has 0 spiro atoms. The minimum Gasteiger partial charge on any atom is -0.481 e. The molecule has 4 heteroatoms. The number of carbonyl (C=O) groups is 2. The number of esters is 1. The lowest BCUT2D eigenvalue weighted by Gasteiger charge is -2.05. The number of hydrogen-bond acceptors (Lipinski definition) is 3. The van der Waals surface area contributed by atoms with Crippen molar-refractivity contribution in [1.82, 2.24) is 0 Å². The highest BCUT2D eigenvalue weighted by molar-refractivity contribution is 5.69. The van der Waals surface area contributed by atoms with Crippen LogP contribution >= 0.6 is 0 Å². The first-order valence-electron chi connectivity index (χ1n) is 10.0. The van der Waals surface area contributed by atoms with Crippen molar-refractivity contribution in [2.75, 3.05) is 6.61 Å². The monoisotopic (exact) mass is 342 g/mol.